The van der Waals surface area contributed by atoms with E-state index in [2.05, 4.69) is 15.0 Å². The average Bonchev–Trinajstić information content (AvgIpc) is 2.24. The summed E-state index contributed by atoms with van der Waals surface area (Å²) in [7, 11) is 0. The van der Waals surface area contributed by atoms with Crippen molar-refractivity contribution in [3.63, 3.8) is 0 Å². The van der Waals surface area contributed by atoms with Crippen molar-refractivity contribution < 1.29 is 13.5 Å². The van der Waals surface area contributed by atoms with Crippen molar-refractivity contribution in [2.24, 2.45) is 0 Å². The monoisotopic (exact) mass is 304 g/mol. The highest BCUT2D eigenvalue weighted by Gasteiger charge is 2.07. The van der Waals surface area contributed by atoms with Gasteiger partial charge in [0, 0.05) is 6.54 Å². The maximum absolute atomic E-state index is 11.7. The van der Waals surface area contributed by atoms with Gasteiger partial charge in [0.25, 0.3) is 6.43 Å². The minimum atomic E-state index is -2.47. The van der Waals surface area contributed by atoms with Crippen LogP contribution in [0.25, 0.3) is 0 Å². The van der Waals surface area contributed by atoms with Crippen molar-refractivity contribution in [1.29, 1.82) is 0 Å². The van der Waals surface area contributed by atoms with Crippen LogP contribution in [0.3, 0.4) is 0 Å². The highest BCUT2D eigenvalue weighted by Crippen LogP contribution is 2.28. The molecule has 1 N–H and O–H groups in total. The lowest BCUT2D eigenvalue weighted by atomic mass is 10.4. The molecule has 8 heteroatoms. The van der Waals surface area contributed by atoms with Gasteiger partial charge in [0.1, 0.15) is 17.6 Å². The predicted octanol–water partition coefficient (Wildman–Crippen LogP) is 3.74. The fourth-order valence-corrected chi connectivity index (χ4v) is 1.55. The third-order valence-electron chi connectivity index (χ3n) is 1.67. The lowest BCUT2D eigenvalue weighted by Crippen LogP contribution is -2.14. The molecule has 17 heavy (non-hydrogen) atoms. The highest BCUT2D eigenvalue weighted by molar-refractivity contribution is 6.42. The van der Waals surface area contributed by atoms with E-state index in [1.165, 1.54) is 6.07 Å². The molecule has 1 heterocycles. The molecule has 1 aromatic rings. The van der Waals surface area contributed by atoms with Crippen molar-refractivity contribution in [2.75, 3.05) is 25.1 Å². The first-order valence-electron chi connectivity index (χ1n) is 4.62. The van der Waals surface area contributed by atoms with E-state index in [0.29, 0.717) is 10.8 Å². The molecule has 0 unspecified atom stereocenters. The Morgan fingerprint density at radius 3 is 2.65 bits per heavy atom. The van der Waals surface area contributed by atoms with Crippen molar-refractivity contribution in [3.8, 4) is 0 Å². The number of nitrogens with one attached hydrogen (secondary N) is 1. The van der Waals surface area contributed by atoms with Crippen LogP contribution in [0.1, 0.15) is 0 Å². The minimum Gasteiger partial charge on any atom is -0.374 e. The summed E-state index contributed by atoms with van der Waals surface area (Å²) in [4.78, 5) is 3.89. The lowest BCUT2D eigenvalue weighted by Gasteiger charge is -2.08. The van der Waals surface area contributed by atoms with Crippen molar-refractivity contribution in [3.05, 3.63) is 21.3 Å². The minimum absolute atomic E-state index is 0.114. The number of nitrogens with zero attached hydrogens (tertiary/aromatic N) is 1. The Morgan fingerprint density at radius 2 is 2.00 bits per heavy atom. The molecule has 0 bridgehead atoms. The number of rotatable bonds is 6. The van der Waals surface area contributed by atoms with E-state index in [9.17, 15) is 8.78 Å². The molecule has 3 nitrogen and oxygen atoms in total. The summed E-state index contributed by atoms with van der Waals surface area (Å²) in [6.45, 7) is -0.190. The summed E-state index contributed by atoms with van der Waals surface area (Å²) in [6, 6.07) is 1.45. The Morgan fingerprint density at radius 1 is 1.29 bits per heavy atom. The Kier molecular flexibility index (Phi) is 6.19. The van der Waals surface area contributed by atoms with E-state index in [-0.39, 0.29) is 23.3 Å². The molecular weight excluding hydrogens is 296 g/mol. The van der Waals surface area contributed by atoms with Crippen LogP contribution in [0.2, 0.25) is 15.2 Å². The SMILES string of the molecule is FC(F)COCCNc1nc(Cl)c(Cl)cc1Cl. The van der Waals surface area contributed by atoms with Crippen LogP contribution < -0.4 is 5.32 Å². The zero-order chi connectivity index (χ0) is 12.8. The second kappa shape index (κ2) is 7.16. The number of hydrogen-bond donors (Lipinski definition) is 1. The number of anilines is 1. The molecule has 0 saturated heterocycles. The Labute approximate surface area is 112 Å². The second-order valence-electron chi connectivity index (χ2n) is 2.98. The van der Waals surface area contributed by atoms with Gasteiger partial charge >= 0.3 is 0 Å². The number of alkyl halides is 2. The molecule has 0 radical (unpaired) electrons. The molecule has 0 atom stereocenters. The second-order valence-corrected chi connectivity index (χ2v) is 4.16. The smallest absolute Gasteiger partial charge is 0.261 e. The molecule has 0 aliphatic heterocycles. The lowest BCUT2D eigenvalue weighted by molar-refractivity contribution is 0.0215. The van der Waals surface area contributed by atoms with E-state index in [1.54, 1.807) is 0 Å². The van der Waals surface area contributed by atoms with Gasteiger partial charge in [0.15, 0.2) is 0 Å². The summed E-state index contributed by atoms with van der Waals surface area (Å²) in [6.07, 6.45) is -2.47. The van der Waals surface area contributed by atoms with Gasteiger partial charge in [-0.05, 0) is 6.07 Å². The van der Waals surface area contributed by atoms with E-state index in [0.717, 1.165) is 0 Å². The number of ether oxygens (including phenoxy) is 1. The molecule has 0 aliphatic rings. The number of aromatic nitrogens is 1. The van der Waals surface area contributed by atoms with Crippen LogP contribution in [-0.4, -0.2) is 31.2 Å². The highest BCUT2D eigenvalue weighted by atomic mass is 35.5. The Bertz CT molecular complexity index is 380. The van der Waals surface area contributed by atoms with Gasteiger partial charge in [-0.2, -0.15) is 0 Å². The van der Waals surface area contributed by atoms with E-state index in [1.807, 2.05) is 0 Å². The summed E-state index contributed by atoms with van der Waals surface area (Å²) in [5.41, 5.74) is 0. The average molecular weight is 306 g/mol. The Hall–Kier alpha value is -0.360. The van der Waals surface area contributed by atoms with Gasteiger partial charge in [0.2, 0.25) is 0 Å². The van der Waals surface area contributed by atoms with Crippen LogP contribution in [-0.2, 0) is 4.74 Å². The molecule has 1 rings (SSSR count). The molecule has 0 aliphatic carbocycles. The number of halogens is 5. The fourth-order valence-electron chi connectivity index (χ4n) is 0.982. The van der Waals surface area contributed by atoms with Gasteiger partial charge in [-0.15, -0.1) is 0 Å². The topological polar surface area (TPSA) is 34.1 Å². The fraction of sp³-hybridized carbons (Fsp3) is 0.444. The third-order valence-corrected chi connectivity index (χ3v) is 2.63. The molecule has 0 saturated carbocycles. The quantitative estimate of drug-likeness (QED) is 0.642. The van der Waals surface area contributed by atoms with Gasteiger partial charge < -0.3 is 10.1 Å². The van der Waals surface area contributed by atoms with Crippen molar-refractivity contribution in [2.45, 2.75) is 6.43 Å². The van der Waals surface area contributed by atoms with Crippen LogP contribution in [0.5, 0.6) is 0 Å². The molecule has 0 spiro atoms. The van der Waals surface area contributed by atoms with Crippen molar-refractivity contribution >= 4 is 40.6 Å². The van der Waals surface area contributed by atoms with Crippen molar-refractivity contribution in [1.82, 2.24) is 4.98 Å². The van der Waals surface area contributed by atoms with Gasteiger partial charge in [-0.1, -0.05) is 34.8 Å². The zero-order valence-corrected chi connectivity index (χ0v) is 10.8. The summed E-state index contributed by atoms with van der Waals surface area (Å²) in [5, 5.41) is 3.46. The molecule has 96 valence electrons. The standard InChI is InChI=1S/C9H9Cl3F2N2O/c10-5-3-6(11)9(16-8(5)12)15-1-2-17-4-7(13)14/h3,7H,1-2,4H2,(H,15,16). The Balaban J connectivity index is 2.39. The van der Waals surface area contributed by atoms with Gasteiger partial charge in [0.05, 0.1) is 16.7 Å². The molecule has 1 aromatic heterocycles. The number of pyridine rings is 1. The summed E-state index contributed by atoms with van der Waals surface area (Å²) < 4.78 is 28.1. The molecule has 0 aromatic carbocycles. The summed E-state index contributed by atoms with van der Waals surface area (Å²) >= 11 is 17.2. The third kappa shape index (κ3) is 5.21. The van der Waals surface area contributed by atoms with Crippen LogP contribution in [0.15, 0.2) is 6.07 Å². The first kappa shape index (κ1) is 14.7. The summed E-state index contributed by atoms with van der Waals surface area (Å²) in [5.74, 6) is 0.335. The first-order valence-corrected chi connectivity index (χ1v) is 5.75. The predicted molar refractivity (Wildman–Crippen MR) is 64.6 cm³/mol. The van der Waals surface area contributed by atoms with Gasteiger partial charge in [-0.3, -0.25) is 0 Å². The maximum atomic E-state index is 11.7. The van der Waals surface area contributed by atoms with E-state index >= 15 is 0 Å². The van der Waals surface area contributed by atoms with E-state index in [4.69, 9.17) is 34.8 Å². The van der Waals surface area contributed by atoms with E-state index < -0.39 is 13.0 Å². The van der Waals surface area contributed by atoms with Crippen LogP contribution in [0, 0.1) is 0 Å². The molecule has 0 fully saturated rings. The molecular formula is C9H9Cl3F2N2O. The largest absolute Gasteiger partial charge is 0.374 e. The normalized spacial score (nSPS) is 10.9. The molecule has 0 amide bonds. The van der Waals surface area contributed by atoms with Crippen LogP contribution in [0.4, 0.5) is 14.6 Å². The number of hydrogen-bond acceptors (Lipinski definition) is 3. The van der Waals surface area contributed by atoms with Crippen LogP contribution >= 0.6 is 34.8 Å². The maximum Gasteiger partial charge on any atom is 0.261 e. The zero-order valence-electron chi connectivity index (χ0n) is 8.52. The van der Waals surface area contributed by atoms with Gasteiger partial charge in [-0.25, -0.2) is 13.8 Å². The first-order chi connectivity index (χ1) is 8.00.